The molecule has 0 aliphatic rings. The zero-order valence-corrected chi connectivity index (χ0v) is 31.7. The zero-order valence-electron chi connectivity index (χ0n) is 30.8. The molecule has 0 atom stereocenters. The Hall–Kier alpha value is -6.95. The van der Waals surface area contributed by atoms with E-state index < -0.39 is 0 Å². The van der Waals surface area contributed by atoms with Crippen LogP contribution in [0.3, 0.4) is 0 Å². The van der Waals surface area contributed by atoms with Crippen molar-refractivity contribution in [3.05, 3.63) is 193 Å². The third-order valence-electron chi connectivity index (χ3n) is 10.3. The van der Waals surface area contributed by atoms with Gasteiger partial charge in [0, 0.05) is 26.2 Å². The summed E-state index contributed by atoms with van der Waals surface area (Å²) in [5, 5.41) is 7.33. The van der Waals surface area contributed by atoms with Crippen molar-refractivity contribution < 1.29 is 0 Å². The van der Waals surface area contributed by atoms with Crippen molar-refractivity contribution >= 4 is 83.5 Å². The van der Waals surface area contributed by atoms with E-state index in [9.17, 15) is 0 Å². The van der Waals surface area contributed by atoms with E-state index >= 15 is 0 Å². The molecule has 2 heterocycles. The molecule has 56 heavy (non-hydrogen) atoms. The first kappa shape index (κ1) is 34.8. The maximum Gasteiger partial charge on any atom is 0.229 e. The summed E-state index contributed by atoms with van der Waals surface area (Å²) in [4.78, 5) is 13.4. The average molecular weight is 739 g/mol. The fraction of sp³-hybridized carbons (Fsp3) is 0.0392. The average Bonchev–Trinajstić information content (AvgIpc) is 3.80. The Kier molecular flexibility index (Phi) is 9.58. The van der Waals surface area contributed by atoms with Crippen LogP contribution < -0.4 is 0 Å². The van der Waals surface area contributed by atoms with Crippen LogP contribution in [-0.2, 0) is 13.1 Å². The standard InChI is InChI=1S/C43H29N3S.C8H9N/c1-44-43(45-27-28-11-4-2-5-12-28)46-39-23-19-32(34-18-10-16-30-15-8-9-17-33(30)34)26-37(39)35-21-22-36-38-25-31(29-13-6-3-7-14-29)20-24-40(38)47-42(36)41(35)46;1-9-7-8-5-3-2-4-6-8/h2-26H,1,27H2;2-6H,1,7H2. The van der Waals surface area contributed by atoms with Gasteiger partial charge in [-0.2, -0.15) is 0 Å². The predicted octanol–water partition coefficient (Wildman–Crippen LogP) is 13.6. The fourth-order valence-electron chi connectivity index (χ4n) is 7.64. The van der Waals surface area contributed by atoms with Gasteiger partial charge in [0.15, 0.2) is 0 Å². The maximum absolute atomic E-state index is 5.05. The lowest BCUT2D eigenvalue weighted by Crippen LogP contribution is -2.09. The van der Waals surface area contributed by atoms with E-state index in [1.165, 1.54) is 69.5 Å². The van der Waals surface area contributed by atoms with Gasteiger partial charge in [0.25, 0.3) is 0 Å². The molecule has 4 nitrogen and oxygen atoms in total. The summed E-state index contributed by atoms with van der Waals surface area (Å²) >= 11 is 1.83. The Morgan fingerprint density at radius 1 is 0.500 bits per heavy atom. The Labute approximate surface area is 330 Å². The van der Waals surface area contributed by atoms with Crippen molar-refractivity contribution in [2.75, 3.05) is 0 Å². The van der Waals surface area contributed by atoms with Gasteiger partial charge in [-0.3, -0.25) is 9.56 Å². The number of thiophene rings is 1. The summed E-state index contributed by atoms with van der Waals surface area (Å²) in [5.41, 5.74) is 9.38. The molecule has 10 aromatic rings. The molecule has 8 aromatic carbocycles. The molecule has 0 amide bonds. The fourth-order valence-corrected chi connectivity index (χ4v) is 8.87. The van der Waals surface area contributed by atoms with Crippen LogP contribution in [0.15, 0.2) is 197 Å². The van der Waals surface area contributed by atoms with Crippen LogP contribution in [0.4, 0.5) is 0 Å². The minimum atomic E-state index is 0.521. The Morgan fingerprint density at radius 2 is 1.14 bits per heavy atom. The second-order valence-corrected chi connectivity index (χ2v) is 14.8. The van der Waals surface area contributed by atoms with Gasteiger partial charge in [0.2, 0.25) is 5.96 Å². The Morgan fingerprint density at radius 3 is 1.89 bits per heavy atom. The highest BCUT2D eigenvalue weighted by Crippen LogP contribution is 2.44. The van der Waals surface area contributed by atoms with Gasteiger partial charge in [0.05, 0.1) is 28.8 Å². The summed E-state index contributed by atoms with van der Waals surface area (Å²) in [5.74, 6) is 0.599. The molecular weight excluding hydrogens is 701 g/mol. The van der Waals surface area contributed by atoms with Gasteiger partial charge >= 0.3 is 0 Å². The van der Waals surface area contributed by atoms with E-state index in [-0.39, 0.29) is 0 Å². The van der Waals surface area contributed by atoms with E-state index in [1.54, 1.807) is 0 Å². The monoisotopic (exact) mass is 738 g/mol. The summed E-state index contributed by atoms with van der Waals surface area (Å²) in [6, 6.07) is 64.3. The Balaban J connectivity index is 0.000000403. The lowest BCUT2D eigenvalue weighted by atomic mass is 9.97. The number of nitrogens with zero attached hydrogens (tertiary/aromatic N) is 4. The number of aromatic nitrogens is 1. The maximum atomic E-state index is 5.05. The highest BCUT2D eigenvalue weighted by atomic mass is 32.1. The zero-order chi connectivity index (χ0) is 37.8. The first-order chi connectivity index (χ1) is 27.7. The van der Waals surface area contributed by atoms with Crippen LogP contribution in [0.1, 0.15) is 11.1 Å². The van der Waals surface area contributed by atoms with Crippen molar-refractivity contribution in [1.29, 1.82) is 0 Å². The van der Waals surface area contributed by atoms with E-state index in [2.05, 4.69) is 161 Å². The van der Waals surface area contributed by atoms with E-state index in [1.807, 2.05) is 59.9 Å². The van der Waals surface area contributed by atoms with Gasteiger partial charge in [-0.15, -0.1) is 11.3 Å². The van der Waals surface area contributed by atoms with Crippen LogP contribution in [0, 0.1) is 0 Å². The normalized spacial score (nSPS) is 11.6. The van der Waals surface area contributed by atoms with Gasteiger partial charge < -0.3 is 0 Å². The molecule has 5 heteroatoms. The highest BCUT2D eigenvalue weighted by Gasteiger charge is 2.20. The van der Waals surface area contributed by atoms with Crippen LogP contribution in [0.2, 0.25) is 0 Å². The summed E-state index contributed by atoms with van der Waals surface area (Å²) in [7, 11) is 0. The lowest BCUT2D eigenvalue weighted by molar-refractivity contribution is 1.03. The second-order valence-electron chi connectivity index (χ2n) is 13.7. The minimum Gasteiger partial charge on any atom is -0.296 e. The summed E-state index contributed by atoms with van der Waals surface area (Å²) in [6.45, 7) is 8.66. The number of benzene rings is 8. The smallest absolute Gasteiger partial charge is 0.229 e. The van der Waals surface area contributed by atoms with Gasteiger partial charge in [0.1, 0.15) is 0 Å². The van der Waals surface area contributed by atoms with Crippen molar-refractivity contribution in [3.8, 4) is 22.3 Å². The van der Waals surface area contributed by atoms with Gasteiger partial charge in [-0.25, -0.2) is 9.98 Å². The summed E-state index contributed by atoms with van der Waals surface area (Å²) in [6.07, 6.45) is 0. The number of aliphatic imine (C=N–C) groups is 3. The van der Waals surface area contributed by atoms with Gasteiger partial charge in [-0.05, 0) is 81.9 Å². The predicted molar refractivity (Wildman–Crippen MR) is 243 cm³/mol. The third-order valence-corrected chi connectivity index (χ3v) is 11.5. The quantitative estimate of drug-likeness (QED) is 0.120. The van der Waals surface area contributed by atoms with Crippen LogP contribution in [0.25, 0.3) is 75.0 Å². The number of rotatable bonds is 6. The van der Waals surface area contributed by atoms with Crippen LogP contribution in [-0.4, -0.2) is 24.0 Å². The molecule has 0 radical (unpaired) electrons. The molecule has 0 bridgehead atoms. The number of hydrogen-bond acceptors (Lipinski definition) is 3. The molecule has 0 N–H and O–H groups in total. The van der Waals surface area contributed by atoms with Crippen molar-refractivity contribution in [2.24, 2.45) is 15.0 Å². The molecule has 2 aromatic heterocycles. The SMILES string of the molecule is C=NC(=NCc1ccccc1)n1c2ccc(-c3cccc4ccccc34)cc2c2ccc3c4cc(-c5ccccc5)ccc4sc3c21.C=NCc1ccccc1. The summed E-state index contributed by atoms with van der Waals surface area (Å²) < 4.78 is 4.71. The molecular formula is C51H38N4S. The molecule has 0 saturated heterocycles. The van der Waals surface area contributed by atoms with E-state index in [4.69, 9.17) is 4.99 Å². The highest BCUT2D eigenvalue weighted by molar-refractivity contribution is 7.26. The third kappa shape index (κ3) is 6.59. The molecule has 0 spiro atoms. The molecule has 0 aliphatic carbocycles. The molecule has 10 rings (SSSR count). The lowest BCUT2D eigenvalue weighted by Gasteiger charge is -2.09. The van der Waals surface area contributed by atoms with E-state index in [0.717, 1.165) is 23.1 Å². The van der Waals surface area contributed by atoms with Crippen LogP contribution >= 0.6 is 11.3 Å². The topological polar surface area (TPSA) is 42.0 Å². The molecule has 0 unspecified atom stereocenters. The van der Waals surface area contributed by atoms with Crippen molar-refractivity contribution in [3.63, 3.8) is 0 Å². The van der Waals surface area contributed by atoms with E-state index in [0.29, 0.717) is 12.5 Å². The number of fused-ring (bicyclic) bond motifs is 8. The first-order valence-corrected chi connectivity index (χ1v) is 19.5. The Bertz CT molecular complexity index is 3040. The first-order valence-electron chi connectivity index (χ1n) is 18.7. The largest absolute Gasteiger partial charge is 0.296 e. The second kappa shape index (κ2) is 15.4. The van der Waals surface area contributed by atoms with Crippen molar-refractivity contribution in [2.45, 2.75) is 13.1 Å². The minimum absolute atomic E-state index is 0.521. The molecule has 0 aliphatic heterocycles. The van der Waals surface area contributed by atoms with Crippen LogP contribution in [0.5, 0.6) is 0 Å². The molecule has 0 fully saturated rings. The molecule has 268 valence electrons. The molecule has 0 saturated carbocycles. The van der Waals surface area contributed by atoms with Crippen molar-refractivity contribution in [1.82, 2.24) is 4.57 Å². The number of hydrogen-bond donors (Lipinski definition) is 0. The van der Waals surface area contributed by atoms with Gasteiger partial charge in [-0.1, -0.05) is 158 Å².